The van der Waals surface area contributed by atoms with Gasteiger partial charge in [-0.1, -0.05) is 6.92 Å². The standard InChI is InChI=1S/C5H6ClF2/c1-3-2-4(3)5(6,7)8/h4H,2H2,1H3. The first-order valence-corrected chi connectivity index (χ1v) is 2.78. The summed E-state index contributed by atoms with van der Waals surface area (Å²) in [5.74, 6) is 0.175. The summed E-state index contributed by atoms with van der Waals surface area (Å²) >= 11 is 4.67. The van der Waals surface area contributed by atoms with E-state index in [2.05, 4.69) is 11.6 Å². The van der Waals surface area contributed by atoms with Crippen molar-refractivity contribution in [3.63, 3.8) is 0 Å². The zero-order valence-electron chi connectivity index (χ0n) is 4.42. The minimum Gasteiger partial charge on any atom is -0.188 e. The van der Waals surface area contributed by atoms with Crippen LogP contribution in [-0.4, -0.2) is 5.38 Å². The lowest BCUT2D eigenvalue weighted by Crippen LogP contribution is -2.08. The molecule has 0 aromatic rings. The Labute approximate surface area is 51.8 Å². The van der Waals surface area contributed by atoms with Gasteiger partial charge in [0.15, 0.2) is 0 Å². The lowest BCUT2D eigenvalue weighted by Gasteiger charge is -2.02. The fourth-order valence-corrected chi connectivity index (χ4v) is 0.922. The summed E-state index contributed by atoms with van der Waals surface area (Å²) in [6.07, 6.45) is 0.497. The number of alkyl halides is 3. The Balaban J connectivity index is 2.39. The molecule has 47 valence electrons. The summed E-state index contributed by atoms with van der Waals surface area (Å²) in [5, 5.41) is -2.98. The SMILES string of the molecule is C[C]1CC1C(F)(F)Cl. The molecule has 1 atom stereocenters. The summed E-state index contributed by atoms with van der Waals surface area (Å²) in [6.45, 7) is 1.70. The molecule has 1 fully saturated rings. The molecule has 0 bridgehead atoms. The lowest BCUT2D eigenvalue weighted by molar-refractivity contribution is 0.0735. The van der Waals surface area contributed by atoms with Crippen molar-refractivity contribution >= 4 is 11.6 Å². The van der Waals surface area contributed by atoms with Gasteiger partial charge in [0.25, 0.3) is 0 Å². The molecule has 8 heavy (non-hydrogen) atoms. The molecule has 1 unspecified atom stereocenters. The van der Waals surface area contributed by atoms with Gasteiger partial charge in [0, 0.05) is 5.92 Å². The third kappa shape index (κ3) is 1.10. The van der Waals surface area contributed by atoms with Crippen molar-refractivity contribution in [3.05, 3.63) is 5.92 Å². The van der Waals surface area contributed by atoms with Crippen LogP contribution in [0.2, 0.25) is 0 Å². The molecule has 0 heterocycles. The van der Waals surface area contributed by atoms with Crippen LogP contribution in [0.15, 0.2) is 0 Å². The van der Waals surface area contributed by atoms with Gasteiger partial charge >= 0.3 is 5.38 Å². The molecule has 0 N–H and O–H groups in total. The Morgan fingerprint density at radius 1 is 1.75 bits per heavy atom. The zero-order chi connectivity index (χ0) is 6.36. The van der Waals surface area contributed by atoms with Crippen LogP contribution in [0.25, 0.3) is 0 Å². The molecule has 0 nitrogen and oxygen atoms in total. The molecule has 0 aliphatic heterocycles. The quantitative estimate of drug-likeness (QED) is 0.490. The molecular weight excluding hydrogens is 134 g/mol. The van der Waals surface area contributed by atoms with Crippen molar-refractivity contribution < 1.29 is 8.78 Å². The Hall–Kier alpha value is 0.150. The summed E-state index contributed by atoms with van der Waals surface area (Å²) in [5.41, 5.74) is 0. The maximum atomic E-state index is 11.9. The van der Waals surface area contributed by atoms with E-state index in [1.165, 1.54) is 0 Å². The minimum absolute atomic E-state index is 0.497. The zero-order valence-corrected chi connectivity index (χ0v) is 5.17. The number of halogens is 3. The highest BCUT2D eigenvalue weighted by Gasteiger charge is 2.51. The van der Waals surface area contributed by atoms with E-state index < -0.39 is 11.3 Å². The van der Waals surface area contributed by atoms with Crippen molar-refractivity contribution in [2.24, 2.45) is 5.92 Å². The van der Waals surface area contributed by atoms with Crippen LogP contribution in [0.3, 0.4) is 0 Å². The topological polar surface area (TPSA) is 0 Å². The summed E-state index contributed by atoms with van der Waals surface area (Å²) in [7, 11) is 0. The van der Waals surface area contributed by atoms with E-state index in [9.17, 15) is 8.78 Å². The van der Waals surface area contributed by atoms with Gasteiger partial charge in [-0.3, -0.25) is 0 Å². The predicted molar refractivity (Wildman–Crippen MR) is 27.8 cm³/mol. The largest absolute Gasteiger partial charge is 0.325 e. The Morgan fingerprint density at radius 3 is 2.12 bits per heavy atom. The molecule has 1 radical (unpaired) electrons. The Morgan fingerprint density at radius 2 is 2.12 bits per heavy atom. The van der Waals surface area contributed by atoms with E-state index >= 15 is 0 Å². The second-order valence-electron chi connectivity index (χ2n) is 2.14. The number of hydrogen-bond donors (Lipinski definition) is 0. The lowest BCUT2D eigenvalue weighted by atomic mass is 10.3. The highest BCUT2D eigenvalue weighted by Crippen LogP contribution is 2.52. The molecule has 1 rings (SSSR count). The average Bonchev–Trinajstić information content (AvgIpc) is 2.13. The van der Waals surface area contributed by atoms with Crippen LogP contribution in [0, 0.1) is 11.8 Å². The molecule has 0 aromatic carbocycles. The van der Waals surface area contributed by atoms with Crippen molar-refractivity contribution in [2.75, 3.05) is 0 Å². The summed E-state index contributed by atoms with van der Waals surface area (Å²) in [4.78, 5) is 0. The Kier molecular flexibility index (Phi) is 1.23. The average molecular weight is 140 g/mol. The van der Waals surface area contributed by atoms with Crippen molar-refractivity contribution in [1.29, 1.82) is 0 Å². The third-order valence-electron chi connectivity index (χ3n) is 1.36. The molecule has 1 saturated carbocycles. The molecule has 0 aromatic heterocycles. The van der Waals surface area contributed by atoms with Gasteiger partial charge in [0.05, 0.1) is 0 Å². The maximum Gasteiger partial charge on any atom is 0.325 e. The van der Waals surface area contributed by atoms with E-state index in [1.54, 1.807) is 6.92 Å². The van der Waals surface area contributed by atoms with Crippen LogP contribution in [0.1, 0.15) is 13.3 Å². The highest BCUT2D eigenvalue weighted by molar-refractivity contribution is 6.22. The van der Waals surface area contributed by atoms with Crippen LogP contribution in [0.4, 0.5) is 8.78 Å². The van der Waals surface area contributed by atoms with Crippen LogP contribution in [-0.2, 0) is 0 Å². The fourth-order valence-electron chi connectivity index (χ4n) is 0.658. The van der Waals surface area contributed by atoms with Crippen LogP contribution < -0.4 is 0 Å². The Bertz CT molecular complexity index is 97.1. The first-order chi connectivity index (χ1) is 3.52. The summed E-state index contributed by atoms with van der Waals surface area (Å²) in [6, 6.07) is 0. The molecule has 1 aliphatic rings. The molecule has 0 amide bonds. The molecule has 0 saturated heterocycles. The molecular formula is C5H6ClF2. The fraction of sp³-hybridized carbons (Fsp3) is 0.800. The molecule has 3 heteroatoms. The molecule has 1 aliphatic carbocycles. The second kappa shape index (κ2) is 1.56. The minimum atomic E-state index is -2.98. The number of hydrogen-bond acceptors (Lipinski definition) is 0. The third-order valence-corrected chi connectivity index (χ3v) is 1.62. The smallest absolute Gasteiger partial charge is 0.188 e. The van der Waals surface area contributed by atoms with Gasteiger partial charge in [-0.2, -0.15) is 8.78 Å². The first kappa shape index (κ1) is 6.27. The van der Waals surface area contributed by atoms with Crippen molar-refractivity contribution in [3.8, 4) is 0 Å². The van der Waals surface area contributed by atoms with Gasteiger partial charge < -0.3 is 0 Å². The van der Waals surface area contributed by atoms with E-state index in [1.807, 2.05) is 0 Å². The van der Waals surface area contributed by atoms with Gasteiger partial charge in [0.1, 0.15) is 0 Å². The normalized spacial score (nSPS) is 30.8. The van der Waals surface area contributed by atoms with Crippen molar-refractivity contribution in [2.45, 2.75) is 18.7 Å². The van der Waals surface area contributed by atoms with E-state index in [0.717, 1.165) is 5.92 Å². The van der Waals surface area contributed by atoms with Crippen molar-refractivity contribution in [1.82, 2.24) is 0 Å². The van der Waals surface area contributed by atoms with Gasteiger partial charge in [-0.25, -0.2) is 0 Å². The monoisotopic (exact) mass is 139 g/mol. The van der Waals surface area contributed by atoms with E-state index in [4.69, 9.17) is 0 Å². The summed E-state index contributed by atoms with van der Waals surface area (Å²) < 4.78 is 23.8. The van der Waals surface area contributed by atoms with Gasteiger partial charge in [0.2, 0.25) is 0 Å². The maximum absolute atomic E-state index is 11.9. The van der Waals surface area contributed by atoms with E-state index in [0.29, 0.717) is 6.42 Å². The van der Waals surface area contributed by atoms with E-state index in [-0.39, 0.29) is 0 Å². The van der Waals surface area contributed by atoms with Gasteiger partial charge in [-0.15, -0.1) is 0 Å². The predicted octanol–water partition coefficient (Wildman–Crippen LogP) is 2.43. The highest BCUT2D eigenvalue weighted by atomic mass is 35.5. The van der Waals surface area contributed by atoms with Crippen LogP contribution in [0.5, 0.6) is 0 Å². The van der Waals surface area contributed by atoms with Gasteiger partial charge in [-0.05, 0) is 23.9 Å². The van der Waals surface area contributed by atoms with Crippen LogP contribution >= 0.6 is 11.6 Å². The second-order valence-corrected chi connectivity index (χ2v) is 2.65. The first-order valence-electron chi connectivity index (χ1n) is 2.41. The molecule has 0 spiro atoms. The number of rotatable bonds is 1.